The van der Waals surface area contributed by atoms with E-state index in [1.165, 1.54) is 32.1 Å². The summed E-state index contributed by atoms with van der Waals surface area (Å²) in [7, 11) is 0. The van der Waals surface area contributed by atoms with Crippen molar-refractivity contribution >= 4 is 18.6 Å². The first kappa shape index (κ1) is 17.1. The predicted octanol–water partition coefficient (Wildman–Crippen LogP) is 5.16. The average Bonchev–Trinajstić information content (AvgIpc) is 2.47. The van der Waals surface area contributed by atoms with Crippen LogP contribution in [0.1, 0.15) is 63.9 Å². The third-order valence-corrected chi connectivity index (χ3v) is 3.69. The van der Waals surface area contributed by atoms with E-state index in [1.807, 2.05) is 24.3 Å². The summed E-state index contributed by atoms with van der Waals surface area (Å²) in [6.07, 6.45) is 9.00. The first-order valence-corrected chi connectivity index (χ1v) is 8.30. The molecule has 0 aromatic heterocycles. The topological polar surface area (TPSA) is 26.3 Å². The van der Waals surface area contributed by atoms with Gasteiger partial charge in [-0.1, -0.05) is 57.6 Å². The van der Waals surface area contributed by atoms with Crippen LogP contribution in [0.2, 0.25) is 0 Å². The number of thiol groups is 1. The number of unbranched alkanes of at least 4 members (excludes halogenated alkanes) is 6. The number of ether oxygens (including phenoxy) is 1. The van der Waals surface area contributed by atoms with Crippen LogP contribution in [-0.4, -0.2) is 5.97 Å². The van der Waals surface area contributed by atoms with Gasteiger partial charge in [-0.15, -0.1) is 0 Å². The monoisotopic (exact) mass is 294 g/mol. The number of carbonyl (C=O) groups excluding carboxylic acids is 1. The predicted molar refractivity (Wildman–Crippen MR) is 87.4 cm³/mol. The third-order valence-electron chi connectivity index (χ3n) is 3.32. The Hall–Kier alpha value is -0.960. The molecule has 0 N–H and O–H groups in total. The minimum Gasteiger partial charge on any atom is -0.427 e. The molecular formula is C17H26O2S. The van der Waals surface area contributed by atoms with Crippen molar-refractivity contribution < 1.29 is 9.53 Å². The van der Waals surface area contributed by atoms with Gasteiger partial charge in [-0.05, 0) is 24.1 Å². The van der Waals surface area contributed by atoms with E-state index in [2.05, 4.69) is 19.6 Å². The summed E-state index contributed by atoms with van der Waals surface area (Å²) in [5.41, 5.74) is 1.13. The lowest BCUT2D eigenvalue weighted by Gasteiger charge is -2.05. The summed E-state index contributed by atoms with van der Waals surface area (Å²) in [6.45, 7) is 2.22. The molecule has 2 nitrogen and oxygen atoms in total. The first-order chi connectivity index (χ1) is 9.76. The van der Waals surface area contributed by atoms with Crippen molar-refractivity contribution in [2.24, 2.45) is 0 Å². The summed E-state index contributed by atoms with van der Waals surface area (Å²) in [6, 6.07) is 7.52. The number of hydrogen-bond acceptors (Lipinski definition) is 3. The van der Waals surface area contributed by atoms with Crippen molar-refractivity contribution in [3.8, 4) is 5.75 Å². The second-order valence-electron chi connectivity index (χ2n) is 5.15. The van der Waals surface area contributed by atoms with Crippen LogP contribution in [0.25, 0.3) is 0 Å². The standard InChI is InChI=1S/C17H26O2S/c1-2-3-4-5-6-7-8-9-17(18)19-16-12-10-15(14-20)11-13-16/h10-13,20H,2-9,14H2,1H3. The summed E-state index contributed by atoms with van der Waals surface area (Å²) in [5.74, 6) is 1.20. The zero-order valence-electron chi connectivity index (χ0n) is 12.4. The van der Waals surface area contributed by atoms with Crippen LogP contribution in [0.3, 0.4) is 0 Å². The fourth-order valence-corrected chi connectivity index (χ4v) is 2.28. The van der Waals surface area contributed by atoms with Crippen molar-refractivity contribution in [1.82, 2.24) is 0 Å². The van der Waals surface area contributed by atoms with E-state index in [0.717, 1.165) is 18.4 Å². The van der Waals surface area contributed by atoms with Gasteiger partial charge in [-0.2, -0.15) is 12.6 Å². The van der Waals surface area contributed by atoms with E-state index in [0.29, 0.717) is 17.9 Å². The first-order valence-electron chi connectivity index (χ1n) is 7.66. The highest BCUT2D eigenvalue weighted by Crippen LogP contribution is 2.15. The maximum atomic E-state index is 11.7. The summed E-state index contributed by atoms with van der Waals surface area (Å²) >= 11 is 4.19. The van der Waals surface area contributed by atoms with Crippen molar-refractivity contribution in [1.29, 1.82) is 0 Å². The van der Waals surface area contributed by atoms with Crippen LogP contribution in [0.5, 0.6) is 5.75 Å². The lowest BCUT2D eigenvalue weighted by Crippen LogP contribution is -2.07. The molecule has 0 amide bonds. The van der Waals surface area contributed by atoms with Crippen molar-refractivity contribution in [2.45, 2.75) is 64.0 Å². The van der Waals surface area contributed by atoms with Gasteiger partial charge in [0.05, 0.1) is 0 Å². The molecule has 0 fully saturated rings. The summed E-state index contributed by atoms with van der Waals surface area (Å²) < 4.78 is 5.30. The third kappa shape index (κ3) is 7.59. The van der Waals surface area contributed by atoms with Gasteiger partial charge in [0.2, 0.25) is 0 Å². The Balaban J connectivity index is 2.10. The lowest BCUT2D eigenvalue weighted by molar-refractivity contribution is -0.134. The Morgan fingerprint density at radius 2 is 1.60 bits per heavy atom. The molecule has 0 saturated heterocycles. The van der Waals surface area contributed by atoms with E-state index in [1.54, 1.807) is 0 Å². The normalized spacial score (nSPS) is 10.5. The average molecular weight is 294 g/mol. The highest BCUT2D eigenvalue weighted by atomic mass is 32.1. The molecule has 0 heterocycles. The minimum atomic E-state index is -0.128. The van der Waals surface area contributed by atoms with Crippen LogP contribution < -0.4 is 4.74 Å². The van der Waals surface area contributed by atoms with Crippen molar-refractivity contribution in [3.63, 3.8) is 0 Å². The molecule has 0 spiro atoms. The fraction of sp³-hybridized carbons (Fsp3) is 0.588. The number of benzene rings is 1. The Morgan fingerprint density at radius 1 is 1.00 bits per heavy atom. The molecular weight excluding hydrogens is 268 g/mol. The highest BCUT2D eigenvalue weighted by Gasteiger charge is 2.04. The molecule has 112 valence electrons. The molecule has 1 aromatic carbocycles. The van der Waals surface area contributed by atoms with E-state index >= 15 is 0 Å². The molecule has 0 aliphatic rings. The summed E-state index contributed by atoms with van der Waals surface area (Å²) in [5, 5.41) is 0. The Bertz CT molecular complexity index is 373. The molecule has 0 atom stereocenters. The van der Waals surface area contributed by atoms with Crippen LogP contribution in [0, 0.1) is 0 Å². The lowest BCUT2D eigenvalue weighted by atomic mass is 10.1. The SMILES string of the molecule is CCCCCCCCCC(=O)Oc1ccc(CS)cc1. The van der Waals surface area contributed by atoms with E-state index in [9.17, 15) is 4.79 Å². The van der Waals surface area contributed by atoms with Crippen LogP contribution in [0.4, 0.5) is 0 Å². The molecule has 3 heteroatoms. The highest BCUT2D eigenvalue weighted by molar-refractivity contribution is 7.79. The molecule has 1 rings (SSSR count). The summed E-state index contributed by atoms with van der Waals surface area (Å²) in [4.78, 5) is 11.7. The van der Waals surface area contributed by atoms with E-state index in [-0.39, 0.29) is 5.97 Å². The maximum absolute atomic E-state index is 11.7. The molecule has 0 saturated carbocycles. The Labute approximate surface area is 128 Å². The number of hydrogen-bond donors (Lipinski definition) is 1. The fourth-order valence-electron chi connectivity index (χ4n) is 2.07. The van der Waals surface area contributed by atoms with E-state index < -0.39 is 0 Å². The Morgan fingerprint density at radius 3 is 2.20 bits per heavy atom. The maximum Gasteiger partial charge on any atom is 0.311 e. The largest absolute Gasteiger partial charge is 0.427 e. The van der Waals surface area contributed by atoms with Gasteiger partial charge in [0, 0.05) is 12.2 Å². The molecule has 1 aromatic rings. The van der Waals surface area contributed by atoms with Gasteiger partial charge >= 0.3 is 5.97 Å². The second kappa shape index (κ2) is 10.8. The van der Waals surface area contributed by atoms with Gasteiger partial charge in [0.15, 0.2) is 0 Å². The van der Waals surface area contributed by atoms with Gasteiger partial charge < -0.3 is 4.74 Å². The van der Waals surface area contributed by atoms with Crippen molar-refractivity contribution in [3.05, 3.63) is 29.8 Å². The van der Waals surface area contributed by atoms with Gasteiger partial charge in [0.25, 0.3) is 0 Å². The molecule has 0 bridgehead atoms. The van der Waals surface area contributed by atoms with Crippen molar-refractivity contribution in [2.75, 3.05) is 0 Å². The van der Waals surface area contributed by atoms with Crippen LogP contribution in [-0.2, 0) is 10.5 Å². The quantitative estimate of drug-likeness (QED) is 0.279. The molecule has 0 radical (unpaired) electrons. The molecule has 20 heavy (non-hydrogen) atoms. The smallest absolute Gasteiger partial charge is 0.311 e. The van der Waals surface area contributed by atoms with Crippen LogP contribution in [0.15, 0.2) is 24.3 Å². The zero-order chi connectivity index (χ0) is 14.6. The van der Waals surface area contributed by atoms with E-state index in [4.69, 9.17) is 4.74 Å². The minimum absolute atomic E-state index is 0.128. The zero-order valence-corrected chi connectivity index (χ0v) is 13.3. The van der Waals surface area contributed by atoms with Crippen LogP contribution >= 0.6 is 12.6 Å². The molecule has 0 aliphatic heterocycles. The Kier molecular flexibility index (Phi) is 9.22. The number of esters is 1. The number of carbonyl (C=O) groups is 1. The second-order valence-corrected chi connectivity index (χ2v) is 5.46. The molecule has 0 aliphatic carbocycles. The number of rotatable bonds is 10. The molecule has 0 unspecified atom stereocenters. The van der Waals surface area contributed by atoms with Gasteiger partial charge in [0.1, 0.15) is 5.75 Å². The van der Waals surface area contributed by atoms with Gasteiger partial charge in [-0.3, -0.25) is 4.79 Å². The van der Waals surface area contributed by atoms with Gasteiger partial charge in [-0.25, -0.2) is 0 Å².